The van der Waals surface area contributed by atoms with Gasteiger partial charge in [-0.25, -0.2) is 9.18 Å². The van der Waals surface area contributed by atoms with Crippen molar-refractivity contribution in [2.45, 2.75) is 18.7 Å². The summed E-state index contributed by atoms with van der Waals surface area (Å²) in [7, 11) is 0. The highest BCUT2D eigenvalue weighted by atomic mass is 19.1. The number of hydrogen-bond donors (Lipinski definition) is 1. The fraction of sp³-hybridized carbons (Fsp3) is 0.167. The van der Waals surface area contributed by atoms with Crippen molar-refractivity contribution in [1.82, 2.24) is 0 Å². The fourth-order valence-corrected chi connectivity index (χ4v) is 2.48. The van der Waals surface area contributed by atoms with Crippen molar-refractivity contribution in [3.63, 3.8) is 0 Å². The third-order valence-electron chi connectivity index (χ3n) is 3.75. The topological polar surface area (TPSA) is 46.5 Å². The molecule has 2 aromatic rings. The minimum absolute atomic E-state index is 0.113. The minimum Gasteiger partial charge on any atom is -0.424 e. The van der Waals surface area contributed by atoms with Gasteiger partial charge in [0.1, 0.15) is 11.9 Å². The molecule has 0 fully saturated rings. The van der Waals surface area contributed by atoms with Gasteiger partial charge in [-0.15, -0.1) is 0 Å². The number of alkyl halides is 1. The average molecular weight is 298 g/mol. The molecule has 4 heteroatoms. The molecule has 0 heterocycles. The highest BCUT2D eigenvalue weighted by molar-refractivity contribution is 5.87. The van der Waals surface area contributed by atoms with Crippen molar-refractivity contribution in [3.8, 4) is 5.75 Å². The van der Waals surface area contributed by atoms with Gasteiger partial charge in [0.15, 0.2) is 0 Å². The van der Waals surface area contributed by atoms with Crippen molar-refractivity contribution >= 4 is 12.0 Å². The predicted octanol–water partition coefficient (Wildman–Crippen LogP) is 3.15. The maximum atomic E-state index is 15.3. The first-order valence-corrected chi connectivity index (χ1v) is 6.95. The third-order valence-corrected chi connectivity index (χ3v) is 3.75. The standard InChI is InChI=1S/C18H15FO3/c1-12-6-9-14(10-7-12)22-17(21)18(19)15-5-3-2-4-13(15)8-11-16(18)20/h2-11,16,20H,1H3. The van der Waals surface area contributed by atoms with Crippen LogP contribution in [0, 0.1) is 6.92 Å². The Balaban J connectivity index is 1.96. The van der Waals surface area contributed by atoms with Gasteiger partial charge in [-0.1, -0.05) is 54.1 Å². The Morgan fingerprint density at radius 2 is 1.86 bits per heavy atom. The summed E-state index contributed by atoms with van der Waals surface area (Å²) in [5, 5.41) is 10.0. The van der Waals surface area contributed by atoms with Crippen LogP contribution in [0.25, 0.3) is 6.08 Å². The van der Waals surface area contributed by atoms with E-state index >= 15 is 4.39 Å². The van der Waals surface area contributed by atoms with E-state index in [9.17, 15) is 9.90 Å². The minimum atomic E-state index is -2.61. The van der Waals surface area contributed by atoms with Crippen LogP contribution in [-0.4, -0.2) is 17.2 Å². The maximum absolute atomic E-state index is 15.3. The summed E-state index contributed by atoms with van der Waals surface area (Å²) in [5.74, 6) is -0.882. The first kappa shape index (κ1) is 14.5. The lowest BCUT2D eigenvalue weighted by Gasteiger charge is -2.31. The maximum Gasteiger partial charge on any atom is 0.357 e. The van der Waals surface area contributed by atoms with Crippen molar-refractivity contribution in [2.24, 2.45) is 0 Å². The van der Waals surface area contributed by atoms with Crippen LogP contribution in [0.5, 0.6) is 5.75 Å². The van der Waals surface area contributed by atoms with Gasteiger partial charge >= 0.3 is 5.97 Å². The van der Waals surface area contributed by atoms with E-state index in [1.807, 2.05) is 6.92 Å². The summed E-state index contributed by atoms with van der Waals surface area (Å²) in [5.41, 5.74) is -0.949. The largest absolute Gasteiger partial charge is 0.424 e. The lowest BCUT2D eigenvalue weighted by molar-refractivity contribution is -0.155. The molecular weight excluding hydrogens is 283 g/mol. The van der Waals surface area contributed by atoms with Crippen LogP contribution >= 0.6 is 0 Å². The SMILES string of the molecule is Cc1ccc(OC(=O)C2(F)c3ccccc3C=CC2O)cc1. The number of carbonyl (C=O) groups is 1. The van der Waals surface area contributed by atoms with Crippen LogP contribution in [0.4, 0.5) is 4.39 Å². The Bertz CT molecular complexity index is 736. The van der Waals surface area contributed by atoms with Crippen LogP contribution in [0.2, 0.25) is 0 Å². The Kier molecular flexibility index (Phi) is 3.54. The highest BCUT2D eigenvalue weighted by Crippen LogP contribution is 2.38. The van der Waals surface area contributed by atoms with Crippen molar-refractivity contribution in [3.05, 3.63) is 71.3 Å². The molecule has 3 rings (SSSR count). The molecule has 1 aliphatic rings. The lowest BCUT2D eigenvalue weighted by atomic mass is 9.82. The van der Waals surface area contributed by atoms with Gasteiger partial charge in [0.05, 0.1) is 0 Å². The average Bonchev–Trinajstić information content (AvgIpc) is 2.53. The molecule has 2 aromatic carbocycles. The summed E-state index contributed by atoms with van der Waals surface area (Å²) in [6, 6.07) is 13.2. The van der Waals surface area contributed by atoms with Gasteiger partial charge in [0.2, 0.25) is 0 Å². The van der Waals surface area contributed by atoms with E-state index in [4.69, 9.17) is 4.74 Å². The molecule has 0 aliphatic heterocycles. The zero-order valence-corrected chi connectivity index (χ0v) is 12.0. The van der Waals surface area contributed by atoms with Crippen LogP contribution < -0.4 is 4.74 Å². The zero-order chi connectivity index (χ0) is 15.7. The molecule has 1 N–H and O–H groups in total. The lowest BCUT2D eigenvalue weighted by Crippen LogP contribution is -2.46. The molecule has 0 bridgehead atoms. The number of aliphatic hydroxyl groups is 1. The second-order valence-electron chi connectivity index (χ2n) is 5.31. The molecular formula is C18H15FO3. The van der Waals surface area contributed by atoms with E-state index in [0.29, 0.717) is 5.56 Å². The van der Waals surface area contributed by atoms with Gasteiger partial charge < -0.3 is 9.84 Å². The molecule has 1 aliphatic carbocycles. The highest BCUT2D eigenvalue weighted by Gasteiger charge is 2.51. The van der Waals surface area contributed by atoms with E-state index in [0.717, 1.165) is 5.56 Å². The molecule has 2 unspecified atom stereocenters. The molecule has 0 amide bonds. The van der Waals surface area contributed by atoms with E-state index in [1.54, 1.807) is 48.5 Å². The van der Waals surface area contributed by atoms with Crippen molar-refractivity contribution in [2.75, 3.05) is 0 Å². The number of benzene rings is 2. The summed E-state index contributed by atoms with van der Waals surface area (Å²) in [6.45, 7) is 1.90. The molecule has 3 nitrogen and oxygen atoms in total. The summed E-state index contributed by atoms with van der Waals surface area (Å²) in [6.07, 6.45) is 1.27. The van der Waals surface area contributed by atoms with Crippen LogP contribution in [0.15, 0.2) is 54.6 Å². The van der Waals surface area contributed by atoms with E-state index in [-0.39, 0.29) is 11.3 Å². The fourth-order valence-electron chi connectivity index (χ4n) is 2.48. The number of esters is 1. The predicted molar refractivity (Wildman–Crippen MR) is 81.1 cm³/mol. The number of hydrogen-bond acceptors (Lipinski definition) is 3. The summed E-state index contributed by atoms with van der Waals surface area (Å²) < 4.78 is 20.5. The molecule has 0 saturated heterocycles. The number of fused-ring (bicyclic) bond motifs is 1. The van der Waals surface area contributed by atoms with Crippen LogP contribution in [0.1, 0.15) is 16.7 Å². The third kappa shape index (κ3) is 2.31. The Hall–Kier alpha value is -2.46. The second-order valence-corrected chi connectivity index (χ2v) is 5.31. The van der Waals surface area contributed by atoms with E-state index in [1.165, 1.54) is 12.1 Å². The number of rotatable bonds is 2. The van der Waals surface area contributed by atoms with Crippen molar-refractivity contribution in [1.29, 1.82) is 0 Å². The van der Waals surface area contributed by atoms with Gasteiger partial charge in [-0.3, -0.25) is 0 Å². The first-order chi connectivity index (χ1) is 10.5. The molecule has 0 spiro atoms. The van der Waals surface area contributed by atoms with Gasteiger partial charge in [0, 0.05) is 5.56 Å². The van der Waals surface area contributed by atoms with Gasteiger partial charge in [0.25, 0.3) is 5.67 Å². The Morgan fingerprint density at radius 3 is 2.59 bits per heavy atom. The number of aryl methyl sites for hydroxylation is 1. The molecule has 0 radical (unpaired) electrons. The Labute approximate surface area is 127 Å². The second kappa shape index (κ2) is 5.39. The van der Waals surface area contributed by atoms with Gasteiger partial charge in [-0.05, 0) is 24.6 Å². The van der Waals surface area contributed by atoms with Gasteiger partial charge in [-0.2, -0.15) is 0 Å². The monoisotopic (exact) mass is 298 g/mol. The number of aliphatic hydroxyl groups excluding tert-OH is 1. The summed E-state index contributed by atoms with van der Waals surface area (Å²) in [4.78, 5) is 12.4. The van der Waals surface area contributed by atoms with Crippen molar-refractivity contribution < 1.29 is 19.0 Å². The zero-order valence-electron chi connectivity index (χ0n) is 12.0. The quantitative estimate of drug-likeness (QED) is 0.684. The van der Waals surface area contributed by atoms with Crippen LogP contribution in [0.3, 0.4) is 0 Å². The molecule has 0 saturated carbocycles. The number of ether oxygens (including phenoxy) is 1. The molecule has 112 valence electrons. The number of halogens is 1. The molecule has 2 atom stereocenters. The smallest absolute Gasteiger partial charge is 0.357 e. The molecule has 0 aromatic heterocycles. The normalized spacial score (nSPS) is 23.0. The summed E-state index contributed by atoms with van der Waals surface area (Å²) >= 11 is 0. The molecule has 22 heavy (non-hydrogen) atoms. The first-order valence-electron chi connectivity index (χ1n) is 6.95. The van der Waals surface area contributed by atoms with E-state index in [2.05, 4.69) is 0 Å². The number of carbonyl (C=O) groups excluding carboxylic acids is 1. The van der Waals surface area contributed by atoms with E-state index < -0.39 is 17.7 Å². The van der Waals surface area contributed by atoms with Crippen LogP contribution in [-0.2, 0) is 10.5 Å². The Morgan fingerprint density at radius 1 is 1.18 bits per heavy atom.